The minimum absolute atomic E-state index is 0.427. The van der Waals surface area contributed by atoms with Crippen LogP contribution in [0, 0.1) is 13.8 Å². The van der Waals surface area contributed by atoms with E-state index in [4.69, 9.17) is 4.74 Å². The predicted octanol–water partition coefficient (Wildman–Crippen LogP) is 1.91. The van der Waals surface area contributed by atoms with E-state index < -0.39 is 5.60 Å². The molecule has 0 amide bonds. The molecule has 2 nitrogen and oxygen atoms in total. The van der Waals surface area contributed by atoms with Gasteiger partial charge in [-0.15, -0.1) is 0 Å². The zero-order chi connectivity index (χ0) is 10.2. The van der Waals surface area contributed by atoms with Gasteiger partial charge in [-0.1, -0.05) is 23.8 Å². The highest BCUT2D eigenvalue weighted by molar-refractivity contribution is 5.35. The van der Waals surface area contributed by atoms with Crippen LogP contribution in [0.25, 0.3) is 0 Å². The van der Waals surface area contributed by atoms with Crippen molar-refractivity contribution in [1.82, 2.24) is 0 Å². The lowest BCUT2D eigenvalue weighted by Crippen LogP contribution is -2.26. The molecule has 0 spiro atoms. The fourth-order valence-electron chi connectivity index (χ4n) is 2.10. The summed E-state index contributed by atoms with van der Waals surface area (Å²) in [4.78, 5) is 0. The van der Waals surface area contributed by atoms with E-state index in [1.165, 1.54) is 5.56 Å². The molecule has 1 heterocycles. The van der Waals surface area contributed by atoms with Gasteiger partial charge in [-0.3, -0.25) is 0 Å². The summed E-state index contributed by atoms with van der Waals surface area (Å²) in [6, 6.07) is 6.16. The van der Waals surface area contributed by atoms with E-state index in [-0.39, 0.29) is 0 Å². The normalized spacial score (nSPS) is 26.8. The second kappa shape index (κ2) is 3.37. The Morgan fingerprint density at radius 1 is 1.36 bits per heavy atom. The first kappa shape index (κ1) is 9.69. The van der Waals surface area contributed by atoms with Gasteiger partial charge in [-0.05, 0) is 25.0 Å². The van der Waals surface area contributed by atoms with Gasteiger partial charge < -0.3 is 9.84 Å². The Labute approximate surface area is 84.5 Å². The monoisotopic (exact) mass is 192 g/mol. The third kappa shape index (κ3) is 1.56. The summed E-state index contributed by atoms with van der Waals surface area (Å²) < 4.78 is 5.25. The molecular formula is C12H16O2. The quantitative estimate of drug-likeness (QED) is 0.736. The SMILES string of the molecule is Cc1ccc(C2(O)CCOC2)c(C)c1. The third-order valence-electron chi connectivity index (χ3n) is 2.88. The van der Waals surface area contributed by atoms with E-state index in [1.54, 1.807) is 0 Å². The summed E-state index contributed by atoms with van der Waals surface area (Å²) in [7, 11) is 0. The Morgan fingerprint density at radius 3 is 2.71 bits per heavy atom. The van der Waals surface area contributed by atoms with E-state index in [0.29, 0.717) is 19.6 Å². The molecule has 1 fully saturated rings. The van der Waals surface area contributed by atoms with Crippen molar-refractivity contribution in [2.45, 2.75) is 25.9 Å². The average Bonchev–Trinajstić information content (AvgIpc) is 2.52. The number of rotatable bonds is 1. The van der Waals surface area contributed by atoms with Gasteiger partial charge in [0, 0.05) is 13.0 Å². The Kier molecular flexibility index (Phi) is 2.33. The smallest absolute Gasteiger partial charge is 0.115 e. The first-order valence-corrected chi connectivity index (χ1v) is 5.00. The van der Waals surface area contributed by atoms with Crippen molar-refractivity contribution in [1.29, 1.82) is 0 Å². The molecule has 2 rings (SSSR count). The fraction of sp³-hybridized carbons (Fsp3) is 0.500. The van der Waals surface area contributed by atoms with Gasteiger partial charge in [0.15, 0.2) is 0 Å². The summed E-state index contributed by atoms with van der Waals surface area (Å²) in [5, 5.41) is 10.3. The van der Waals surface area contributed by atoms with E-state index in [9.17, 15) is 5.11 Å². The van der Waals surface area contributed by atoms with Crippen LogP contribution in [0.5, 0.6) is 0 Å². The molecule has 0 bridgehead atoms. The second-order valence-electron chi connectivity index (χ2n) is 4.15. The second-order valence-corrected chi connectivity index (χ2v) is 4.15. The standard InChI is InChI=1S/C12H16O2/c1-9-3-4-11(10(2)7-9)12(13)5-6-14-8-12/h3-4,7,13H,5-6,8H2,1-2H3. The molecule has 76 valence electrons. The lowest BCUT2D eigenvalue weighted by atomic mass is 9.89. The minimum Gasteiger partial charge on any atom is -0.383 e. The highest BCUT2D eigenvalue weighted by Crippen LogP contribution is 2.32. The zero-order valence-electron chi connectivity index (χ0n) is 8.71. The largest absolute Gasteiger partial charge is 0.383 e. The van der Waals surface area contributed by atoms with Gasteiger partial charge in [-0.2, -0.15) is 0 Å². The third-order valence-corrected chi connectivity index (χ3v) is 2.88. The highest BCUT2D eigenvalue weighted by atomic mass is 16.5. The van der Waals surface area contributed by atoms with Crippen LogP contribution < -0.4 is 0 Å². The molecule has 0 aromatic heterocycles. The maximum atomic E-state index is 10.3. The molecule has 1 aliphatic heterocycles. The van der Waals surface area contributed by atoms with Crippen molar-refractivity contribution in [3.8, 4) is 0 Å². The van der Waals surface area contributed by atoms with Gasteiger partial charge in [0.05, 0.1) is 6.61 Å². The number of hydrogen-bond donors (Lipinski definition) is 1. The molecule has 1 saturated heterocycles. The molecule has 1 unspecified atom stereocenters. The van der Waals surface area contributed by atoms with Gasteiger partial charge in [-0.25, -0.2) is 0 Å². The van der Waals surface area contributed by atoms with Gasteiger partial charge in [0.2, 0.25) is 0 Å². The summed E-state index contributed by atoms with van der Waals surface area (Å²) >= 11 is 0. The van der Waals surface area contributed by atoms with Crippen molar-refractivity contribution >= 4 is 0 Å². The van der Waals surface area contributed by atoms with Crippen molar-refractivity contribution < 1.29 is 9.84 Å². The lowest BCUT2D eigenvalue weighted by Gasteiger charge is -2.23. The summed E-state index contributed by atoms with van der Waals surface area (Å²) in [5.41, 5.74) is 2.64. The number of aliphatic hydroxyl groups is 1. The molecule has 1 aliphatic rings. The summed E-state index contributed by atoms with van der Waals surface area (Å²) in [6.45, 7) is 5.19. The molecular weight excluding hydrogens is 176 g/mol. The van der Waals surface area contributed by atoms with Gasteiger partial charge in [0.1, 0.15) is 5.60 Å². The number of ether oxygens (including phenoxy) is 1. The summed E-state index contributed by atoms with van der Waals surface area (Å²) in [6.07, 6.45) is 0.705. The molecule has 0 radical (unpaired) electrons. The molecule has 14 heavy (non-hydrogen) atoms. The Hall–Kier alpha value is -0.860. The van der Waals surface area contributed by atoms with Crippen LogP contribution in [0.2, 0.25) is 0 Å². The Balaban J connectivity index is 2.40. The Bertz CT molecular complexity index is 338. The highest BCUT2D eigenvalue weighted by Gasteiger charge is 2.35. The molecule has 1 atom stereocenters. The van der Waals surface area contributed by atoms with E-state index in [0.717, 1.165) is 11.1 Å². The van der Waals surface area contributed by atoms with Crippen molar-refractivity contribution in [3.63, 3.8) is 0 Å². The number of benzene rings is 1. The van der Waals surface area contributed by atoms with E-state index in [1.807, 2.05) is 19.1 Å². The first-order chi connectivity index (χ1) is 6.62. The van der Waals surface area contributed by atoms with Crippen LogP contribution in [0.1, 0.15) is 23.1 Å². The van der Waals surface area contributed by atoms with E-state index in [2.05, 4.69) is 13.0 Å². The van der Waals surface area contributed by atoms with Crippen LogP contribution in [-0.4, -0.2) is 18.3 Å². The maximum Gasteiger partial charge on any atom is 0.115 e. The molecule has 1 aromatic rings. The maximum absolute atomic E-state index is 10.3. The molecule has 1 N–H and O–H groups in total. The zero-order valence-corrected chi connectivity index (χ0v) is 8.71. The fourth-order valence-corrected chi connectivity index (χ4v) is 2.10. The van der Waals surface area contributed by atoms with Crippen LogP contribution in [0.15, 0.2) is 18.2 Å². The molecule has 2 heteroatoms. The molecule has 0 saturated carbocycles. The molecule has 0 aliphatic carbocycles. The number of aryl methyl sites for hydroxylation is 2. The van der Waals surface area contributed by atoms with E-state index >= 15 is 0 Å². The summed E-state index contributed by atoms with van der Waals surface area (Å²) in [5.74, 6) is 0. The Morgan fingerprint density at radius 2 is 2.14 bits per heavy atom. The topological polar surface area (TPSA) is 29.5 Å². The predicted molar refractivity (Wildman–Crippen MR) is 55.2 cm³/mol. The van der Waals surface area contributed by atoms with Gasteiger partial charge in [0.25, 0.3) is 0 Å². The van der Waals surface area contributed by atoms with Crippen LogP contribution in [-0.2, 0) is 10.3 Å². The minimum atomic E-state index is -0.752. The van der Waals surface area contributed by atoms with Gasteiger partial charge >= 0.3 is 0 Å². The van der Waals surface area contributed by atoms with Crippen molar-refractivity contribution in [3.05, 3.63) is 34.9 Å². The van der Waals surface area contributed by atoms with Crippen LogP contribution >= 0.6 is 0 Å². The molecule has 1 aromatic carbocycles. The van der Waals surface area contributed by atoms with Crippen LogP contribution in [0.4, 0.5) is 0 Å². The average molecular weight is 192 g/mol. The van der Waals surface area contributed by atoms with Crippen molar-refractivity contribution in [2.24, 2.45) is 0 Å². The number of hydrogen-bond acceptors (Lipinski definition) is 2. The van der Waals surface area contributed by atoms with Crippen molar-refractivity contribution in [2.75, 3.05) is 13.2 Å². The lowest BCUT2D eigenvalue weighted by molar-refractivity contribution is 0.0227. The van der Waals surface area contributed by atoms with Crippen LogP contribution in [0.3, 0.4) is 0 Å². The first-order valence-electron chi connectivity index (χ1n) is 5.00.